The molecule has 7 unspecified atom stereocenters. The molecule has 5 N–H and O–H groups in total. The van der Waals surface area contributed by atoms with Crippen LogP contribution in [0.5, 0.6) is 0 Å². The van der Waals surface area contributed by atoms with Gasteiger partial charge in [-0.2, -0.15) is 0 Å². The summed E-state index contributed by atoms with van der Waals surface area (Å²) in [7, 11) is 0. The molecule has 126 valence electrons. The van der Waals surface area contributed by atoms with E-state index in [-0.39, 0.29) is 12.9 Å². The molecule has 7 atom stereocenters. The number of aliphatic hydroxyl groups is 4. The minimum Gasteiger partial charge on any atom is -0.479 e. The quantitative estimate of drug-likeness (QED) is 0.214. The number of carboxylic acids is 1. The number of carboxylic acid groups (broad SMARTS) is 1. The largest absolute Gasteiger partial charge is 0.479 e. The van der Waals surface area contributed by atoms with Crippen molar-refractivity contribution in [3.05, 3.63) is 0 Å². The molecular formula is C10H14O12. The van der Waals surface area contributed by atoms with Crippen LogP contribution >= 0.6 is 0 Å². The summed E-state index contributed by atoms with van der Waals surface area (Å²) >= 11 is 0. The molecule has 1 aliphatic rings. The number of ether oxygens (including phenoxy) is 4. The number of carbonyl (C=O) groups is 3. The number of hydrogen-bond acceptors (Lipinski definition) is 11. The fraction of sp³-hybridized carbons (Fsp3) is 0.700. The molecule has 0 radical (unpaired) electrons. The monoisotopic (exact) mass is 326 g/mol. The molecule has 1 heterocycles. The predicted octanol–water partition coefficient (Wildman–Crippen LogP) is -4.11. The van der Waals surface area contributed by atoms with Crippen LogP contribution in [0.15, 0.2) is 0 Å². The Hall–Kier alpha value is -1.83. The SMILES string of the molecule is O=COC(O)C(OC1OC(OC=O)C(O)C(O)C1O)C(=O)O. The molecule has 1 saturated heterocycles. The van der Waals surface area contributed by atoms with Crippen molar-refractivity contribution in [2.75, 3.05) is 0 Å². The van der Waals surface area contributed by atoms with E-state index in [1.807, 2.05) is 0 Å². The average Bonchev–Trinajstić information content (AvgIpc) is 2.46. The van der Waals surface area contributed by atoms with E-state index in [1.165, 1.54) is 0 Å². The van der Waals surface area contributed by atoms with Gasteiger partial charge in [0.15, 0.2) is 6.29 Å². The fourth-order valence-corrected chi connectivity index (χ4v) is 1.62. The van der Waals surface area contributed by atoms with Gasteiger partial charge in [0, 0.05) is 0 Å². The second kappa shape index (κ2) is 7.98. The smallest absolute Gasteiger partial charge is 0.339 e. The Balaban J connectivity index is 2.85. The third kappa shape index (κ3) is 4.09. The standard InChI is InChI=1S/C10H14O12/c11-1-19-8(18)6(7(16)17)21-10-5(15)3(13)4(14)9(22-10)20-2-12/h1-6,8-10,13-15,18H,(H,16,17). The Labute approximate surface area is 122 Å². The van der Waals surface area contributed by atoms with Gasteiger partial charge in [-0.25, -0.2) is 4.79 Å². The Bertz CT molecular complexity index is 399. The Kier molecular flexibility index (Phi) is 6.61. The summed E-state index contributed by atoms with van der Waals surface area (Å²) in [5.74, 6) is -1.78. The molecule has 0 aromatic rings. The zero-order chi connectivity index (χ0) is 16.9. The zero-order valence-corrected chi connectivity index (χ0v) is 10.8. The second-order valence-electron chi connectivity index (χ2n) is 4.09. The lowest BCUT2D eigenvalue weighted by Gasteiger charge is -2.39. The van der Waals surface area contributed by atoms with E-state index in [9.17, 15) is 34.8 Å². The molecule has 12 nitrogen and oxygen atoms in total. The molecule has 1 aliphatic heterocycles. The maximum atomic E-state index is 10.9. The Morgan fingerprint density at radius 1 is 1.05 bits per heavy atom. The highest BCUT2D eigenvalue weighted by atomic mass is 16.8. The van der Waals surface area contributed by atoms with Crippen LogP contribution in [-0.4, -0.2) is 87.7 Å². The van der Waals surface area contributed by atoms with Crippen molar-refractivity contribution in [1.82, 2.24) is 0 Å². The van der Waals surface area contributed by atoms with Gasteiger partial charge in [-0.1, -0.05) is 0 Å². The van der Waals surface area contributed by atoms with E-state index in [0.29, 0.717) is 0 Å². The van der Waals surface area contributed by atoms with Crippen LogP contribution in [0, 0.1) is 0 Å². The van der Waals surface area contributed by atoms with E-state index in [4.69, 9.17) is 14.6 Å². The highest BCUT2D eigenvalue weighted by Crippen LogP contribution is 2.24. The molecule has 0 amide bonds. The lowest BCUT2D eigenvalue weighted by atomic mass is 10.0. The zero-order valence-electron chi connectivity index (χ0n) is 10.8. The minimum absolute atomic E-state index is 0.117. The molecule has 0 aromatic heterocycles. The first-order chi connectivity index (χ1) is 10.3. The van der Waals surface area contributed by atoms with Crippen LogP contribution in [0.25, 0.3) is 0 Å². The summed E-state index contributed by atoms with van der Waals surface area (Å²) in [4.78, 5) is 31.3. The summed E-state index contributed by atoms with van der Waals surface area (Å²) in [5, 5.41) is 46.8. The van der Waals surface area contributed by atoms with Crippen molar-refractivity contribution in [2.24, 2.45) is 0 Å². The summed E-state index contributed by atoms with van der Waals surface area (Å²) in [5.41, 5.74) is 0. The van der Waals surface area contributed by atoms with Gasteiger partial charge < -0.3 is 44.5 Å². The van der Waals surface area contributed by atoms with Crippen molar-refractivity contribution in [3.8, 4) is 0 Å². The van der Waals surface area contributed by atoms with Crippen molar-refractivity contribution in [1.29, 1.82) is 0 Å². The van der Waals surface area contributed by atoms with Crippen LogP contribution in [0.3, 0.4) is 0 Å². The molecule has 0 saturated carbocycles. The molecule has 1 fully saturated rings. The predicted molar refractivity (Wildman–Crippen MR) is 59.5 cm³/mol. The first kappa shape index (κ1) is 18.2. The van der Waals surface area contributed by atoms with Crippen molar-refractivity contribution in [2.45, 2.75) is 43.3 Å². The third-order valence-electron chi connectivity index (χ3n) is 2.69. The number of carbonyl (C=O) groups excluding carboxylic acids is 2. The topological polar surface area (TPSA) is 189 Å². The molecule has 12 heteroatoms. The molecule has 0 spiro atoms. The minimum atomic E-state index is -2.24. The van der Waals surface area contributed by atoms with E-state index < -0.39 is 49.3 Å². The highest BCUT2D eigenvalue weighted by Gasteiger charge is 2.48. The van der Waals surface area contributed by atoms with Gasteiger partial charge >= 0.3 is 5.97 Å². The second-order valence-corrected chi connectivity index (χ2v) is 4.09. The van der Waals surface area contributed by atoms with E-state index in [0.717, 1.165) is 0 Å². The lowest BCUT2D eigenvalue weighted by molar-refractivity contribution is -0.354. The Morgan fingerprint density at radius 3 is 2.14 bits per heavy atom. The maximum absolute atomic E-state index is 10.9. The molecule has 1 rings (SSSR count). The van der Waals surface area contributed by atoms with E-state index in [2.05, 4.69) is 9.47 Å². The summed E-state index contributed by atoms with van der Waals surface area (Å²) in [6.45, 7) is -0.354. The van der Waals surface area contributed by atoms with Crippen molar-refractivity contribution < 1.29 is 58.9 Å². The number of aliphatic hydroxyl groups excluding tert-OH is 4. The number of rotatable bonds is 8. The van der Waals surface area contributed by atoms with Crippen LogP contribution in [0.2, 0.25) is 0 Å². The molecule has 0 bridgehead atoms. The van der Waals surface area contributed by atoms with Gasteiger partial charge in [-0.15, -0.1) is 0 Å². The van der Waals surface area contributed by atoms with Gasteiger partial charge in [-0.05, 0) is 0 Å². The maximum Gasteiger partial charge on any atom is 0.339 e. The molecule has 0 aliphatic carbocycles. The Morgan fingerprint density at radius 2 is 1.64 bits per heavy atom. The van der Waals surface area contributed by atoms with Gasteiger partial charge in [0.05, 0.1) is 0 Å². The molecule has 0 aromatic carbocycles. The van der Waals surface area contributed by atoms with Gasteiger partial charge in [0.25, 0.3) is 12.9 Å². The van der Waals surface area contributed by atoms with Crippen LogP contribution in [0.1, 0.15) is 0 Å². The summed E-state index contributed by atoms with van der Waals surface area (Å²) in [6.07, 6.45) is -13.7. The van der Waals surface area contributed by atoms with Gasteiger partial charge in [0.2, 0.25) is 18.7 Å². The van der Waals surface area contributed by atoms with E-state index in [1.54, 1.807) is 0 Å². The third-order valence-corrected chi connectivity index (χ3v) is 2.69. The first-order valence-electron chi connectivity index (χ1n) is 5.77. The lowest BCUT2D eigenvalue weighted by Crippen LogP contribution is -2.60. The van der Waals surface area contributed by atoms with Crippen molar-refractivity contribution >= 4 is 18.9 Å². The van der Waals surface area contributed by atoms with Crippen LogP contribution in [0.4, 0.5) is 0 Å². The van der Waals surface area contributed by atoms with Gasteiger partial charge in [0.1, 0.15) is 18.3 Å². The summed E-state index contributed by atoms with van der Waals surface area (Å²) < 4.78 is 17.8. The average molecular weight is 326 g/mol. The number of aliphatic carboxylic acids is 1. The van der Waals surface area contributed by atoms with Crippen LogP contribution in [-0.2, 0) is 33.3 Å². The molecular weight excluding hydrogens is 312 g/mol. The van der Waals surface area contributed by atoms with Crippen molar-refractivity contribution in [3.63, 3.8) is 0 Å². The summed E-state index contributed by atoms with van der Waals surface area (Å²) in [6, 6.07) is 0. The first-order valence-corrected chi connectivity index (χ1v) is 5.77. The molecule has 22 heavy (non-hydrogen) atoms. The van der Waals surface area contributed by atoms with Crippen LogP contribution < -0.4 is 0 Å². The van der Waals surface area contributed by atoms with Gasteiger partial charge in [-0.3, -0.25) is 9.59 Å². The van der Waals surface area contributed by atoms with E-state index >= 15 is 0 Å². The fourth-order valence-electron chi connectivity index (χ4n) is 1.62. The number of hydrogen-bond donors (Lipinski definition) is 5. The highest BCUT2D eigenvalue weighted by molar-refractivity contribution is 5.73. The normalized spacial score (nSPS) is 34.3.